The van der Waals surface area contributed by atoms with E-state index in [-0.39, 0.29) is 18.6 Å². The van der Waals surface area contributed by atoms with Crippen molar-refractivity contribution in [3.8, 4) is 0 Å². The Labute approximate surface area is 98.1 Å². The van der Waals surface area contributed by atoms with Crippen LogP contribution in [-0.2, 0) is 9.53 Å². The Hall–Kier alpha value is -0.820. The molecular weight excluding hydrogens is 237 g/mol. The van der Waals surface area contributed by atoms with Crippen LogP contribution >= 0.6 is 0 Å². The van der Waals surface area contributed by atoms with Gasteiger partial charge in [-0.15, -0.1) is 0 Å². The minimum atomic E-state index is -4.28. The highest BCUT2D eigenvalue weighted by Gasteiger charge is 2.27. The summed E-state index contributed by atoms with van der Waals surface area (Å²) in [5.74, 6) is -0.313. The number of carbonyl (C=O) groups excluding carboxylic acids is 1. The van der Waals surface area contributed by atoms with E-state index >= 15 is 0 Å². The van der Waals surface area contributed by atoms with Crippen molar-refractivity contribution < 1.29 is 22.7 Å². The number of amides is 1. The van der Waals surface area contributed by atoms with Crippen molar-refractivity contribution in [2.45, 2.75) is 25.6 Å². The number of ether oxygens (including phenoxy) is 1. The van der Waals surface area contributed by atoms with Crippen LogP contribution in [0, 0.1) is 0 Å². The largest absolute Gasteiger partial charge is 0.401 e. The Morgan fingerprint density at radius 3 is 2.88 bits per heavy atom. The second kappa shape index (κ2) is 6.20. The molecule has 1 saturated heterocycles. The standard InChI is InChI=1S/C10H17F3N2O2/c1-8-6-15(3-2-4-17-8)9(16)5-14-7-10(11,12)13/h8,14H,2-7H2,1H3. The van der Waals surface area contributed by atoms with Gasteiger partial charge in [-0.25, -0.2) is 0 Å². The van der Waals surface area contributed by atoms with Crippen molar-refractivity contribution in [1.82, 2.24) is 10.2 Å². The number of rotatable bonds is 3. The maximum Gasteiger partial charge on any atom is 0.401 e. The molecule has 0 saturated carbocycles. The van der Waals surface area contributed by atoms with Crippen LogP contribution in [0.5, 0.6) is 0 Å². The van der Waals surface area contributed by atoms with Crippen LogP contribution in [0.3, 0.4) is 0 Å². The highest BCUT2D eigenvalue weighted by molar-refractivity contribution is 5.78. The van der Waals surface area contributed by atoms with Gasteiger partial charge in [-0.3, -0.25) is 4.79 Å². The normalized spacial score (nSPS) is 22.4. The first-order valence-electron chi connectivity index (χ1n) is 5.55. The van der Waals surface area contributed by atoms with E-state index in [2.05, 4.69) is 5.32 Å². The van der Waals surface area contributed by atoms with Gasteiger partial charge in [0.05, 0.1) is 19.2 Å². The van der Waals surface area contributed by atoms with Crippen LogP contribution in [0.1, 0.15) is 13.3 Å². The van der Waals surface area contributed by atoms with Gasteiger partial charge in [-0.1, -0.05) is 0 Å². The fourth-order valence-corrected chi connectivity index (χ4v) is 1.64. The topological polar surface area (TPSA) is 41.6 Å². The van der Waals surface area contributed by atoms with Gasteiger partial charge in [0, 0.05) is 19.7 Å². The van der Waals surface area contributed by atoms with Gasteiger partial charge in [0.25, 0.3) is 0 Å². The van der Waals surface area contributed by atoms with E-state index in [0.717, 1.165) is 6.42 Å². The predicted octanol–water partition coefficient (Wildman–Crippen LogP) is 0.776. The van der Waals surface area contributed by atoms with Crippen LogP contribution < -0.4 is 5.32 Å². The zero-order valence-corrected chi connectivity index (χ0v) is 9.72. The molecule has 0 radical (unpaired) electrons. The third-order valence-electron chi connectivity index (χ3n) is 2.41. The van der Waals surface area contributed by atoms with E-state index in [1.54, 1.807) is 4.90 Å². The molecule has 1 amide bonds. The lowest BCUT2D eigenvalue weighted by molar-refractivity contribution is -0.134. The second-order valence-corrected chi connectivity index (χ2v) is 4.09. The molecule has 4 nitrogen and oxygen atoms in total. The number of alkyl halides is 3. The fraction of sp³-hybridized carbons (Fsp3) is 0.900. The first-order chi connectivity index (χ1) is 7.88. The van der Waals surface area contributed by atoms with E-state index in [4.69, 9.17) is 4.74 Å². The van der Waals surface area contributed by atoms with Gasteiger partial charge < -0.3 is 15.0 Å². The van der Waals surface area contributed by atoms with Gasteiger partial charge in [0.1, 0.15) is 0 Å². The third-order valence-corrected chi connectivity index (χ3v) is 2.41. The van der Waals surface area contributed by atoms with Crippen molar-refractivity contribution in [2.75, 3.05) is 32.8 Å². The summed E-state index contributed by atoms with van der Waals surface area (Å²) in [7, 11) is 0. The first-order valence-corrected chi connectivity index (χ1v) is 5.55. The quantitative estimate of drug-likeness (QED) is 0.809. The summed E-state index contributed by atoms with van der Waals surface area (Å²) >= 11 is 0. The Bertz CT molecular complexity index is 258. The lowest BCUT2D eigenvalue weighted by Crippen LogP contribution is -2.43. The van der Waals surface area contributed by atoms with Crippen molar-refractivity contribution in [3.63, 3.8) is 0 Å². The molecule has 0 aliphatic carbocycles. The highest BCUT2D eigenvalue weighted by atomic mass is 19.4. The van der Waals surface area contributed by atoms with Gasteiger partial charge in [-0.05, 0) is 13.3 Å². The molecule has 1 N–H and O–H groups in total. The van der Waals surface area contributed by atoms with E-state index in [0.29, 0.717) is 19.7 Å². The Balaban J connectivity index is 2.31. The highest BCUT2D eigenvalue weighted by Crippen LogP contribution is 2.12. The van der Waals surface area contributed by atoms with E-state index in [1.807, 2.05) is 6.92 Å². The molecule has 1 fully saturated rings. The molecule has 1 atom stereocenters. The molecule has 0 aromatic heterocycles. The molecule has 0 spiro atoms. The summed E-state index contributed by atoms with van der Waals surface area (Å²) in [6, 6.07) is 0. The maximum absolute atomic E-state index is 11.9. The Morgan fingerprint density at radius 2 is 2.24 bits per heavy atom. The van der Waals surface area contributed by atoms with Crippen molar-refractivity contribution in [2.24, 2.45) is 0 Å². The summed E-state index contributed by atoms with van der Waals surface area (Å²) in [5, 5.41) is 2.10. The number of halogens is 3. The van der Waals surface area contributed by atoms with Crippen molar-refractivity contribution in [3.05, 3.63) is 0 Å². The van der Waals surface area contributed by atoms with Gasteiger partial charge in [0.2, 0.25) is 5.91 Å². The Morgan fingerprint density at radius 1 is 1.53 bits per heavy atom. The summed E-state index contributed by atoms with van der Waals surface area (Å²) in [4.78, 5) is 13.2. The molecule has 0 aromatic rings. The molecule has 1 aliphatic rings. The summed E-state index contributed by atoms with van der Waals surface area (Å²) in [6.07, 6.45) is -3.63. The van der Waals surface area contributed by atoms with Crippen LogP contribution in [0.15, 0.2) is 0 Å². The van der Waals surface area contributed by atoms with Crippen LogP contribution in [0.4, 0.5) is 13.2 Å². The minimum absolute atomic E-state index is 0.0657. The first kappa shape index (κ1) is 14.2. The molecule has 1 heterocycles. The molecule has 7 heteroatoms. The van der Waals surface area contributed by atoms with Crippen LogP contribution in [0.25, 0.3) is 0 Å². The minimum Gasteiger partial charge on any atom is -0.377 e. The number of nitrogens with one attached hydrogen (secondary N) is 1. The van der Waals surface area contributed by atoms with E-state index in [9.17, 15) is 18.0 Å². The second-order valence-electron chi connectivity index (χ2n) is 4.09. The SMILES string of the molecule is CC1CN(C(=O)CNCC(F)(F)F)CCCO1. The molecular formula is C10H17F3N2O2. The summed E-state index contributed by atoms with van der Waals surface area (Å²) in [6.45, 7) is 1.98. The summed E-state index contributed by atoms with van der Waals surface area (Å²) < 4.78 is 41.0. The summed E-state index contributed by atoms with van der Waals surface area (Å²) in [5.41, 5.74) is 0. The third kappa shape index (κ3) is 5.88. The lowest BCUT2D eigenvalue weighted by Gasteiger charge is -2.22. The van der Waals surface area contributed by atoms with E-state index in [1.165, 1.54) is 0 Å². The van der Waals surface area contributed by atoms with Gasteiger partial charge in [-0.2, -0.15) is 13.2 Å². The molecule has 1 aliphatic heterocycles. The number of carbonyl (C=O) groups is 1. The smallest absolute Gasteiger partial charge is 0.377 e. The van der Waals surface area contributed by atoms with Crippen molar-refractivity contribution in [1.29, 1.82) is 0 Å². The van der Waals surface area contributed by atoms with Crippen molar-refractivity contribution >= 4 is 5.91 Å². The number of hydrogen-bond acceptors (Lipinski definition) is 3. The number of nitrogens with zero attached hydrogens (tertiary/aromatic N) is 1. The average molecular weight is 254 g/mol. The molecule has 0 bridgehead atoms. The van der Waals surface area contributed by atoms with Gasteiger partial charge in [0.15, 0.2) is 0 Å². The number of hydrogen-bond donors (Lipinski definition) is 1. The maximum atomic E-state index is 11.9. The molecule has 100 valence electrons. The molecule has 17 heavy (non-hydrogen) atoms. The zero-order valence-electron chi connectivity index (χ0n) is 9.72. The molecule has 1 unspecified atom stereocenters. The monoisotopic (exact) mass is 254 g/mol. The lowest BCUT2D eigenvalue weighted by atomic mass is 10.3. The zero-order chi connectivity index (χ0) is 12.9. The Kier molecular flexibility index (Phi) is 5.20. The van der Waals surface area contributed by atoms with E-state index < -0.39 is 12.7 Å². The predicted molar refractivity (Wildman–Crippen MR) is 55.5 cm³/mol. The van der Waals surface area contributed by atoms with Crippen LogP contribution in [-0.4, -0.2) is 55.9 Å². The average Bonchev–Trinajstić information content (AvgIpc) is 2.40. The van der Waals surface area contributed by atoms with Gasteiger partial charge >= 0.3 is 6.18 Å². The fourth-order valence-electron chi connectivity index (χ4n) is 1.64. The molecule has 0 aromatic carbocycles. The molecule has 1 rings (SSSR count). The van der Waals surface area contributed by atoms with Crippen LogP contribution in [0.2, 0.25) is 0 Å².